The predicted molar refractivity (Wildman–Crippen MR) is 50.5 cm³/mol. The molecule has 0 aromatic heterocycles. The molecule has 0 fully saturated rings. The summed E-state index contributed by atoms with van der Waals surface area (Å²) in [6.07, 6.45) is -1.33. The largest absolute Gasteiger partial charge is 0.480 e. The topological polar surface area (TPSA) is 161 Å². The van der Waals surface area contributed by atoms with Gasteiger partial charge in [0, 0.05) is 12.8 Å². The predicted octanol–water partition coefficient (Wildman–Crippen LogP) is -2.27. The van der Waals surface area contributed by atoms with Crippen molar-refractivity contribution in [2.45, 2.75) is 24.9 Å². The van der Waals surface area contributed by atoms with Gasteiger partial charge in [0.05, 0.1) is 0 Å². The van der Waals surface area contributed by atoms with E-state index in [0.29, 0.717) is 0 Å². The molecule has 0 heterocycles. The summed E-state index contributed by atoms with van der Waals surface area (Å²) in [5.41, 5.74) is 10.1. The molecule has 0 aromatic rings. The minimum atomic E-state index is -1.47. The van der Waals surface area contributed by atoms with Crippen LogP contribution in [0, 0.1) is 0 Å². The van der Waals surface area contributed by atoms with Crippen LogP contribution in [0.4, 0.5) is 0 Å². The van der Waals surface area contributed by atoms with E-state index in [-0.39, 0.29) is 0 Å². The number of carbonyl (C=O) groups is 4. The molecule has 2 unspecified atom stereocenters. The fraction of sp³-hybridized carbons (Fsp3) is 0.500. The maximum Gasteiger partial charge on any atom is 0.320 e. The number of hydrogen-bond acceptors (Lipinski definition) is 6. The van der Waals surface area contributed by atoms with E-state index in [1.165, 1.54) is 0 Å². The lowest BCUT2D eigenvalue weighted by Crippen LogP contribution is -2.38. The number of rotatable bonds is 7. The van der Waals surface area contributed by atoms with E-state index in [4.69, 9.17) is 21.7 Å². The number of carbonyl (C=O) groups excluding carboxylic acids is 2. The lowest BCUT2D eigenvalue weighted by atomic mass is 10.0. The summed E-state index contributed by atoms with van der Waals surface area (Å²) in [6.45, 7) is 0. The van der Waals surface area contributed by atoms with Crippen molar-refractivity contribution in [2.75, 3.05) is 0 Å². The van der Waals surface area contributed by atoms with Gasteiger partial charge in [0.1, 0.15) is 12.1 Å². The first kappa shape index (κ1) is 14.2. The van der Waals surface area contributed by atoms with E-state index < -0.39 is 48.4 Å². The maximum absolute atomic E-state index is 11.1. The fourth-order valence-corrected chi connectivity index (χ4v) is 0.802. The highest BCUT2D eigenvalue weighted by Crippen LogP contribution is 1.98. The molecular formula is C8H12N2O6. The van der Waals surface area contributed by atoms with Gasteiger partial charge in [-0.05, 0) is 0 Å². The normalized spacial score (nSPS) is 13.9. The van der Waals surface area contributed by atoms with Crippen LogP contribution in [-0.4, -0.2) is 45.8 Å². The summed E-state index contributed by atoms with van der Waals surface area (Å²) in [6, 6.07) is -2.95. The van der Waals surface area contributed by atoms with Crippen LogP contribution in [0.1, 0.15) is 12.8 Å². The van der Waals surface area contributed by atoms with Crippen LogP contribution in [0.25, 0.3) is 0 Å². The van der Waals surface area contributed by atoms with Gasteiger partial charge < -0.3 is 21.7 Å². The van der Waals surface area contributed by atoms with Crippen LogP contribution in [0.5, 0.6) is 0 Å². The van der Waals surface area contributed by atoms with Crippen molar-refractivity contribution in [1.29, 1.82) is 0 Å². The van der Waals surface area contributed by atoms with Crippen LogP contribution < -0.4 is 11.5 Å². The van der Waals surface area contributed by atoms with Crippen molar-refractivity contribution < 1.29 is 29.4 Å². The Balaban J connectivity index is 4.25. The number of nitrogens with two attached hydrogens (primary N) is 2. The van der Waals surface area contributed by atoms with Gasteiger partial charge in [-0.25, -0.2) is 0 Å². The highest BCUT2D eigenvalue weighted by atomic mass is 16.4. The average molecular weight is 232 g/mol. The first-order valence-corrected chi connectivity index (χ1v) is 4.28. The Morgan fingerprint density at radius 2 is 1.06 bits per heavy atom. The SMILES string of the molecule is NC(CC(=O)C(=O)CC(N)C(=O)O)C(=O)O. The van der Waals surface area contributed by atoms with Crippen molar-refractivity contribution in [3.63, 3.8) is 0 Å². The van der Waals surface area contributed by atoms with Gasteiger partial charge in [-0.3, -0.25) is 19.2 Å². The molecule has 0 radical (unpaired) electrons. The highest BCUT2D eigenvalue weighted by Gasteiger charge is 2.25. The zero-order valence-corrected chi connectivity index (χ0v) is 8.25. The van der Waals surface area contributed by atoms with Crippen molar-refractivity contribution in [3.8, 4) is 0 Å². The summed E-state index contributed by atoms with van der Waals surface area (Å²) >= 11 is 0. The van der Waals surface area contributed by atoms with E-state index in [2.05, 4.69) is 0 Å². The fourth-order valence-electron chi connectivity index (χ4n) is 0.802. The molecule has 0 aromatic carbocycles. The van der Waals surface area contributed by atoms with Crippen LogP contribution >= 0.6 is 0 Å². The zero-order chi connectivity index (χ0) is 12.9. The average Bonchev–Trinajstić information content (AvgIpc) is 2.16. The maximum atomic E-state index is 11.1. The minimum Gasteiger partial charge on any atom is -0.480 e. The molecule has 0 saturated carbocycles. The molecule has 0 saturated heterocycles. The Hall–Kier alpha value is -1.80. The van der Waals surface area contributed by atoms with Crippen molar-refractivity contribution in [1.82, 2.24) is 0 Å². The molecule has 16 heavy (non-hydrogen) atoms. The summed E-state index contributed by atoms with van der Waals surface area (Å²) in [5.74, 6) is -4.90. The van der Waals surface area contributed by atoms with Gasteiger partial charge in [-0.2, -0.15) is 0 Å². The van der Waals surface area contributed by atoms with Crippen LogP contribution in [0.15, 0.2) is 0 Å². The van der Waals surface area contributed by atoms with Crippen LogP contribution in [0.2, 0.25) is 0 Å². The molecule has 2 atom stereocenters. The van der Waals surface area contributed by atoms with Crippen molar-refractivity contribution in [2.24, 2.45) is 11.5 Å². The molecule has 8 heteroatoms. The third kappa shape index (κ3) is 4.62. The van der Waals surface area contributed by atoms with Gasteiger partial charge >= 0.3 is 11.9 Å². The third-order valence-corrected chi connectivity index (χ3v) is 1.76. The van der Waals surface area contributed by atoms with Crippen molar-refractivity contribution >= 4 is 23.5 Å². The Labute approximate surface area is 90.2 Å². The molecule has 0 spiro atoms. The molecule has 0 aliphatic carbocycles. The number of ketones is 2. The summed E-state index contributed by atoms with van der Waals surface area (Å²) in [4.78, 5) is 42.7. The van der Waals surface area contributed by atoms with E-state index in [1.807, 2.05) is 0 Å². The standard InChI is InChI=1S/C8H12N2O6/c9-3(7(13)14)1-5(11)6(12)2-4(10)8(15)16/h3-4H,1-2,9-10H2,(H,13,14)(H,15,16). The van der Waals surface area contributed by atoms with Gasteiger partial charge in [-0.15, -0.1) is 0 Å². The van der Waals surface area contributed by atoms with Crippen molar-refractivity contribution in [3.05, 3.63) is 0 Å². The first-order chi connectivity index (χ1) is 7.25. The lowest BCUT2D eigenvalue weighted by Gasteiger charge is -2.06. The molecule has 0 amide bonds. The quantitative estimate of drug-likeness (QED) is 0.357. The summed E-state index contributed by atoms with van der Waals surface area (Å²) < 4.78 is 0. The van der Waals surface area contributed by atoms with E-state index in [0.717, 1.165) is 0 Å². The Kier molecular flexibility index (Phi) is 5.26. The minimum absolute atomic E-state index is 0.666. The number of carboxylic acid groups (broad SMARTS) is 2. The molecular weight excluding hydrogens is 220 g/mol. The van der Waals surface area contributed by atoms with Gasteiger partial charge in [-0.1, -0.05) is 0 Å². The molecule has 0 aliphatic heterocycles. The number of aliphatic carboxylic acids is 2. The third-order valence-electron chi connectivity index (χ3n) is 1.76. The van der Waals surface area contributed by atoms with Gasteiger partial charge in [0.25, 0.3) is 0 Å². The first-order valence-electron chi connectivity index (χ1n) is 4.28. The monoisotopic (exact) mass is 232 g/mol. The van der Waals surface area contributed by atoms with E-state index in [1.54, 1.807) is 0 Å². The Bertz CT molecular complexity index is 294. The number of carboxylic acids is 2. The molecule has 0 rings (SSSR count). The lowest BCUT2D eigenvalue weighted by molar-refractivity contribution is -0.144. The van der Waals surface area contributed by atoms with E-state index >= 15 is 0 Å². The second kappa shape index (κ2) is 5.93. The number of Topliss-reactive ketones (excluding diaryl/α,β-unsaturated/α-hetero) is 2. The molecule has 8 nitrogen and oxygen atoms in total. The number of hydrogen-bond donors (Lipinski definition) is 4. The van der Waals surface area contributed by atoms with E-state index in [9.17, 15) is 19.2 Å². The second-order valence-electron chi connectivity index (χ2n) is 3.14. The zero-order valence-electron chi connectivity index (χ0n) is 8.25. The van der Waals surface area contributed by atoms with Crippen LogP contribution in [-0.2, 0) is 19.2 Å². The second-order valence-corrected chi connectivity index (χ2v) is 3.14. The Morgan fingerprint density at radius 1 is 0.812 bits per heavy atom. The molecule has 0 aliphatic rings. The highest BCUT2D eigenvalue weighted by molar-refractivity contribution is 6.38. The molecule has 6 N–H and O–H groups in total. The summed E-state index contributed by atoms with van der Waals surface area (Å²) in [5, 5.41) is 16.8. The van der Waals surface area contributed by atoms with Gasteiger partial charge in [0.2, 0.25) is 11.6 Å². The molecule has 0 bridgehead atoms. The molecule has 90 valence electrons. The van der Waals surface area contributed by atoms with Crippen LogP contribution in [0.3, 0.4) is 0 Å². The smallest absolute Gasteiger partial charge is 0.320 e. The van der Waals surface area contributed by atoms with Gasteiger partial charge in [0.15, 0.2) is 0 Å². The summed E-state index contributed by atoms with van der Waals surface area (Å²) in [7, 11) is 0. The Morgan fingerprint density at radius 3 is 1.25 bits per heavy atom.